The summed E-state index contributed by atoms with van der Waals surface area (Å²) in [5.74, 6) is 0.501. The maximum atomic E-state index is 12.5. The highest BCUT2D eigenvalue weighted by molar-refractivity contribution is 7.22. The fourth-order valence-electron chi connectivity index (χ4n) is 2.90. The van der Waals surface area contributed by atoms with Gasteiger partial charge in [0.15, 0.2) is 22.2 Å². The molecule has 0 aliphatic heterocycles. The van der Waals surface area contributed by atoms with E-state index in [0.717, 1.165) is 26.7 Å². The molecule has 1 amide bonds. The van der Waals surface area contributed by atoms with E-state index in [1.54, 1.807) is 19.2 Å². The minimum atomic E-state index is -0.327. The lowest BCUT2D eigenvalue weighted by molar-refractivity contribution is 0.0998. The van der Waals surface area contributed by atoms with Gasteiger partial charge in [0, 0.05) is 5.39 Å². The van der Waals surface area contributed by atoms with Gasteiger partial charge in [-0.15, -0.1) is 0 Å². The number of aryl methyl sites for hydroxylation is 2. The number of amides is 1. The number of thiazole rings is 1. The number of nitrogens with one attached hydrogen (secondary N) is 1. The zero-order valence-corrected chi connectivity index (χ0v) is 14.9. The van der Waals surface area contributed by atoms with E-state index in [1.165, 1.54) is 11.3 Å². The Hall–Kier alpha value is -2.86. The number of carbonyl (C=O) groups is 1. The van der Waals surface area contributed by atoms with Crippen molar-refractivity contribution in [1.29, 1.82) is 0 Å². The number of anilines is 1. The summed E-state index contributed by atoms with van der Waals surface area (Å²) in [4.78, 5) is 17.0. The molecule has 126 valence electrons. The van der Waals surface area contributed by atoms with Crippen molar-refractivity contribution in [3.63, 3.8) is 0 Å². The number of fused-ring (bicyclic) bond motifs is 2. The van der Waals surface area contributed by atoms with Gasteiger partial charge in [-0.25, -0.2) is 4.98 Å². The minimum Gasteiger partial charge on any atom is -0.493 e. The smallest absolute Gasteiger partial charge is 0.293 e. The van der Waals surface area contributed by atoms with Crippen LogP contribution in [0.3, 0.4) is 0 Å². The third kappa shape index (κ3) is 2.74. The maximum Gasteiger partial charge on any atom is 0.293 e. The van der Waals surface area contributed by atoms with E-state index in [-0.39, 0.29) is 11.7 Å². The maximum absolute atomic E-state index is 12.5. The topological polar surface area (TPSA) is 64.4 Å². The number of hydrogen-bond acceptors (Lipinski definition) is 5. The highest BCUT2D eigenvalue weighted by atomic mass is 32.1. The van der Waals surface area contributed by atoms with Crippen LogP contribution in [0.25, 0.3) is 21.2 Å². The largest absolute Gasteiger partial charge is 0.493 e. The van der Waals surface area contributed by atoms with Crippen molar-refractivity contribution in [3.05, 3.63) is 53.3 Å². The molecule has 0 atom stereocenters. The molecule has 5 nitrogen and oxygen atoms in total. The van der Waals surface area contributed by atoms with Gasteiger partial charge in [-0.1, -0.05) is 29.5 Å². The van der Waals surface area contributed by atoms with Gasteiger partial charge in [0.2, 0.25) is 0 Å². The Morgan fingerprint density at radius 3 is 2.88 bits per heavy atom. The van der Waals surface area contributed by atoms with Crippen LogP contribution in [0, 0.1) is 13.8 Å². The van der Waals surface area contributed by atoms with Crippen LogP contribution >= 0.6 is 11.3 Å². The second-order valence-corrected chi connectivity index (χ2v) is 6.89. The average molecular weight is 352 g/mol. The molecule has 4 rings (SSSR count). The van der Waals surface area contributed by atoms with Crippen molar-refractivity contribution >= 4 is 43.6 Å². The Labute approximate surface area is 148 Å². The minimum absolute atomic E-state index is 0.228. The number of methoxy groups -OCH3 is 1. The van der Waals surface area contributed by atoms with E-state index < -0.39 is 0 Å². The first-order chi connectivity index (χ1) is 12.0. The SMILES string of the molecule is COc1cccc2cc(C(=O)Nc3nc4cc(C)cc(C)c4s3)oc12. The lowest BCUT2D eigenvalue weighted by Gasteiger charge is -1.99. The lowest BCUT2D eigenvalue weighted by Crippen LogP contribution is -2.10. The summed E-state index contributed by atoms with van der Waals surface area (Å²) < 4.78 is 12.0. The number of para-hydroxylation sites is 1. The predicted molar refractivity (Wildman–Crippen MR) is 99.8 cm³/mol. The fourth-order valence-corrected chi connectivity index (χ4v) is 3.81. The first kappa shape index (κ1) is 15.7. The van der Waals surface area contributed by atoms with Gasteiger partial charge in [0.05, 0.1) is 17.3 Å². The molecule has 0 spiro atoms. The molecule has 2 aromatic heterocycles. The predicted octanol–water partition coefficient (Wildman–Crippen LogP) is 4.92. The van der Waals surface area contributed by atoms with Gasteiger partial charge in [-0.3, -0.25) is 10.1 Å². The van der Waals surface area contributed by atoms with Crippen LogP contribution in [0.5, 0.6) is 5.75 Å². The summed E-state index contributed by atoms with van der Waals surface area (Å²) in [5.41, 5.74) is 3.76. The summed E-state index contributed by atoms with van der Waals surface area (Å²) in [6.07, 6.45) is 0. The van der Waals surface area contributed by atoms with Gasteiger partial charge in [-0.05, 0) is 43.2 Å². The molecule has 4 aromatic rings. The molecule has 0 aliphatic carbocycles. The summed E-state index contributed by atoms with van der Waals surface area (Å²) in [7, 11) is 1.57. The Morgan fingerprint density at radius 1 is 1.24 bits per heavy atom. The zero-order chi connectivity index (χ0) is 17.6. The van der Waals surface area contributed by atoms with Gasteiger partial charge in [0.1, 0.15) is 0 Å². The Bertz CT molecular complexity index is 1110. The van der Waals surface area contributed by atoms with Gasteiger partial charge in [-0.2, -0.15) is 0 Å². The van der Waals surface area contributed by atoms with Gasteiger partial charge < -0.3 is 9.15 Å². The number of carbonyl (C=O) groups excluding carboxylic acids is 1. The van der Waals surface area contributed by atoms with Crippen LogP contribution in [-0.4, -0.2) is 18.0 Å². The van der Waals surface area contributed by atoms with E-state index >= 15 is 0 Å². The van der Waals surface area contributed by atoms with Crippen molar-refractivity contribution in [3.8, 4) is 5.75 Å². The number of benzene rings is 2. The molecule has 0 aliphatic rings. The molecule has 0 bridgehead atoms. The molecular weight excluding hydrogens is 336 g/mol. The number of nitrogens with zero attached hydrogens (tertiary/aromatic N) is 1. The Morgan fingerprint density at radius 2 is 2.08 bits per heavy atom. The molecule has 25 heavy (non-hydrogen) atoms. The molecule has 2 heterocycles. The molecular formula is C19H16N2O3S. The number of aromatic nitrogens is 1. The first-order valence-electron chi connectivity index (χ1n) is 7.81. The molecule has 0 unspecified atom stereocenters. The fraction of sp³-hybridized carbons (Fsp3) is 0.158. The van der Waals surface area contributed by atoms with Crippen molar-refractivity contribution in [2.24, 2.45) is 0 Å². The highest BCUT2D eigenvalue weighted by Crippen LogP contribution is 2.31. The second-order valence-electron chi connectivity index (χ2n) is 5.89. The van der Waals surface area contributed by atoms with Gasteiger partial charge >= 0.3 is 0 Å². The lowest BCUT2D eigenvalue weighted by atomic mass is 10.1. The Kier molecular flexibility index (Phi) is 3.69. The number of hydrogen-bond donors (Lipinski definition) is 1. The van der Waals surface area contributed by atoms with Crippen LogP contribution in [0.2, 0.25) is 0 Å². The van der Waals surface area contributed by atoms with Crippen LogP contribution < -0.4 is 10.1 Å². The highest BCUT2D eigenvalue weighted by Gasteiger charge is 2.17. The van der Waals surface area contributed by atoms with Crippen LogP contribution in [0.15, 0.2) is 40.8 Å². The van der Waals surface area contributed by atoms with Crippen LogP contribution in [-0.2, 0) is 0 Å². The van der Waals surface area contributed by atoms with E-state index in [2.05, 4.69) is 16.4 Å². The second kappa shape index (κ2) is 5.89. The molecule has 1 N–H and O–H groups in total. The summed E-state index contributed by atoms with van der Waals surface area (Å²) in [5, 5.41) is 4.20. The molecule has 0 fully saturated rings. The summed E-state index contributed by atoms with van der Waals surface area (Å²) in [6, 6.07) is 11.4. The van der Waals surface area contributed by atoms with Gasteiger partial charge in [0.25, 0.3) is 5.91 Å². The average Bonchev–Trinajstić information content (AvgIpc) is 3.18. The molecule has 0 saturated carbocycles. The number of rotatable bonds is 3. The van der Waals surface area contributed by atoms with E-state index in [9.17, 15) is 4.79 Å². The summed E-state index contributed by atoms with van der Waals surface area (Å²) >= 11 is 1.46. The quantitative estimate of drug-likeness (QED) is 0.568. The Balaban J connectivity index is 1.67. The van der Waals surface area contributed by atoms with Crippen LogP contribution in [0.1, 0.15) is 21.7 Å². The van der Waals surface area contributed by atoms with E-state index in [0.29, 0.717) is 16.5 Å². The van der Waals surface area contributed by atoms with Crippen molar-refractivity contribution in [1.82, 2.24) is 4.98 Å². The number of ether oxygens (including phenoxy) is 1. The normalized spacial score (nSPS) is 11.2. The molecule has 0 radical (unpaired) electrons. The monoisotopic (exact) mass is 352 g/mol. The standard InChI is InChI=1S/C19H16N2O3S/c1-10-7-11(2)17-13(8-10)20-19(25-17)21-18(22)15-9-12-5-4-6-14(23-3)16(12)24-15/h4-9H,1-3H3,(H,20,21,22). The van der Waals surface area contributed by atoms with Crippen molar-refractivity contribution in [2.75, 3.05) is 12.4 Å². The van der Waals surface area contributed by atoms with Crippen molar-refractivity contribution < 1.29 is 13.9 Å². The molecule has 2 aromatic carbocycles. The number of furan rings is 1. The zero-order valence-electron chi connectivity index (χ0n) is 14.0. The molecule has 6 heteroatoms. The summed E-state index contributed by atoms with van der Waals surface area (Å²) in [6.45, 7) is 4.08. The third-order valence-corrected chi connectivity index (χ3v) is 5.11. The first-order valence-corrected chi connectivity index (χ1v) is 8.62. The van der Waals surface area contributed by atoms with E-state index in [4.69, 9.17) is 9.15 Å². The van der Waals surface area contributed by atoms with Crippen molar-refractivity contribution in [2.45, 2.75) is 13.8 Å². The third-order valence-electron chi connectivity index (χ3n) is 3.99. The molecule has 0 saturated heterocycles. The van der Waals surface area contributed by atoms with E-state index in [1.807, 2.05) is 32.0 Å². The van der Waals surface area contributed by atoms with Crippen LogP contribution in [0.4, 0.5) is 5.13 Å².